The zero-order valence-corrected chi connectivity index (χ0v) is 7.43. The summed E-state index contributed by atoms with van der Waals surface area (Å²) in [6.07, 6.45) is 6.56. The molecule has 12 heavy (non-hydrogen) atoms. The summed E-state index contributed by atoms with van der Waals surface area (Å²) in [6.45, 7) is 0.693. The van der Waals surface area contributed by atoms with E-state index in [4.69, 9.17) is 0 Å². The molecule has 1 N–H and O–H groups in total. The van der Waals surface area contributed by atoms with Crippen molar-refractivity contribution >= 4 is 6.09 Å². The topological polar surface area (TPSA) is 38.3 Å². The molecule has 68 valence electrons. The van der Waals surface area contributed by atoms with E-state index in [0.29, 0.717) is 6.54 Å². The SMILES string of the molecule is COC(=O)NCCC1=CCCC1. The Bertz CT molecular complexity index is 187. The van der Waals surface area contributed by atoms with Crippen LogP contribution in [0.4, 0.5) is 4.79 Å². The van der Waals surface area contributed by atoms with E-state index in [9.17, 15) is 4.79 Å². The number of carbonyl (C=O) groups excluding carboxylic acids is 1. The molecule has 1 aliphatic rings. The molecule has 0 saturated heterocycles. The van der Waals surface area contributed by atoms with Crippen LogP contribution in [0.15, 0.2) is 11.6 Å². The molecule has 0 aromatic heterocycles. The van der Waals surface area contributed by atoms with Crippen LogP contribution < -0.4 is 5.32 Å². The zero-order valence-electron chi connectivity index (χ0n) is 7.43. The Morgan fingerprint density at radius 1 is 1.75 bits per heavy atom. The number of ether oxygens (including phenoxy) is 1. The molecule has 0 unspecified atom stereocenters. The van der Waals surface area contributed by atoms with Gasteiger partial charge in [0.1, 0.15) is 0 Å². The van der Waals surface area contributed by atoms with Gasteiger partial charge in [0.2, 0.25) is 0 Å². The molecule has 0 aromatic carbocycles. The molecule has 0 aromatic rings. The van der Waals surface area contributed by atoms with Gasteiger partial charge in [-0.25, -0.2) is 4.79 Å². The average Bonchev–Trinajstić information content (AvgIpc) is 2.57. The minimum atomic E-state index is -0.339. The third-order valence-corrected chi connectivity index (χ3v) is 2.04. The number of rotatable bonds is 3. The van der Waals surface area contributed by atoms with Gasteiger partial charge in [0.15, 0.2) is 0 Å². The predicted molar refractivity (Wildman–Crippen MR) is 47.0 cm³/mol. The van der Waals surface area contributed by atoms with Crippen LogP contribution in [0.2, 0.25) is 0 Å². The van der Waals surface area contributed by atoms with Crippen LogP contribution in [0.5, 0.6) is 0 Å². The molecule has 0 fully saturated rings. The summed E-state index contributed by atoms with van der Waals surface area (Å²) in [4.78, 5) is 10.6. The Morgan fingerprint density at radius 2 is 2.58 bits per heavy atom. The maximum absolute atomic E-state index is 10.6. The first-order valence-corrected chi connectivity index (χ1v) is 4.32. The molecule has 0 aliphatic heterocycles. The molecule has 0 spiro atoms. The molecule has 0 heterocycles. The van der Waals surface area contributed by atoms with Crippen molar-refractivity contribution in [3.63, 3.8) is 0 Å². The van der Waals surface area contributed by atoms with Crippen molar-refractivity contribution in [2.24, 2.45) is 0 Å². The lowest BCUT2D eigenvalue weighted by Crippen LogP contribution is -2.24. The number of hydrogen-bond donors (Lipinski definition) is 1. The van der Waals surface area contributed by atoms with E-state index < -0.39 is 0 Å². The van der Waals surface area contributed by atoms with Crippen molar-refractivity contribution < 1.29 is 9.53 Å². The number of hydrogen-bond acceptors (Lipinski definition) is 2. The van der Waals surface area contributed by atoms with Gasteiger partial charge >= 0.3 is 6.09 Å². The molecule has 0 atom stereocenters. The van der Waals surface area contributed by atoms with Crippen molar-refractivity contribution in [1.29, 1.82) is 0 Å². The number of carbonyl (C=O) groups is 1. The summed E-state index contributed by atoms with van der Waals surface area (Å²) in [5.41, 5.74) is 1.46. The second-order valence-corrected chi connectivity index (χ2v) is 2.92. The lowest BCUT2D eigenvalue weighted by molar-refractivity contribution is 0.171. The van der Waals surface area contributed by atoms with E-state index >= 15 is 0 Å². The van der Waals surface area contributed by atoms with Crippen molar-refractivity contribution in [3.8, 4) is 0 Å². The Kier molecular flexibility index (Phi) is 3.64. The number of amides is 1. The van der Waals surface area contributed by atoms with Gasteiger partial charge in [-0.05, 0) is 25.7 Å². The van der Waals surface area contributed by atoms with Crippen molar-refractivity contribution in [2.45, 2.75) is 25.7 Å². The summed E-state index contributed by atoms with van der Waals surface area (Å²) >= 11 is 0. The molecular formula is C9H15NO2. The van der Waals surface area contributed by atoms with Crippen LogP contribution in [0.25, 0.3) is 0 Å². The van der Waals surface area contributed by atoms with Gasteiger partial charge in [0, 0.05) is 6.54 Å². The Labute approximate surface area is 72.8 Å². The lowest BCUT2D eigenvalue weighted by Gasteiger charge is -2.03. The standard InChI is InChI=1S/C9H15NO2/c1-12-9(11)10-7-6-8-4-2-3-5-8/h4H,2-3,5-7H2,1H3,(H,10,11). The lowest BCUT2D eigenvalue weighted by atomic mass is 10.2. The fourth-order valence-corrected chi connectivity index (χ4v) is 1.36. The highest BCUT2D eigenvalue weighted by atomic mass is 16.5. The van der Waals surface area contributed by atoms with Crippen LogP contribution >= 0.6 is 0 Å². The summed E-state index contributed by atoms with van der Waals surface area (Å²) in [7, 11) is 1.38. The van der Waals surface area contributed by atoms with E-state index in [1.807, 2.05) is 0 Å². The average molecular weight is 169 g/mol. The summed E-state index contributed by atoms with van der Waals surface area (Å²) in [5.74, 6) is 0. The van der Waals surface area contributed by atoms with Gasteiger partial charge in [-0.1, -0.05) is 11.6 Å². The fraction of sp³-hybridized carbons (Fsp3) is 0.667. The fourth-order valence-electron chi connectivity index (χ4n) is 1.36. The number of allylic oxidation sites excluding steroid dienone is 1. The summed E-state index contributed by atoms with van der Waals surface area (Å²) < 4.78 is 4.45. The van der Waals surface area contributed by atoms with Crippen LogP contribution in [0.3, 0.4) is 0 Å². The number of nitrogens with one attached hydrogen (secondary N) is 1. The quantitative estimate of drug-likeness (QED) is 0.655. The minimum absolute atomic E-state index is 0.339. The normalized spacial score (nSPS) is 15.6. The second kappa shape index (κ2) is 4.80. The molecule has 3 nitrogen and oxygen atoms in total. The van der Waals surface area contributed by atoms with Gasteiger partial charge in [-0.2, -0.15) is 0 Å². The van der Waals surface area contributed by atoms with Gasteiger partial charge in [0.25, 0.3) is 0 Å². The van der Waals surface area contributed by atoms with Crippen LogP contribution in [-0.2, 0) is 4.74 Å². The summed E-state index contributed by atoms with van der Waals surface area (Å²) in [5, 5.41) is 2.66. The molecule has 0 radical (unpaired) electrons. The van der Waals surface area contributed by atoms with E-state index in [0.717, 1.165) is 6.42 Å². The first-order chi connectivity index (χ1) is 5.83. The highest BCUT2D eigenvalue weighted by molar-refractivity contribution is 5.66. The third kappa shape index (κ3) is 2.95. The van der Waals surface area contributed by atoms with E-state index in [1.54, 1.807) is 0 Å². The zero-order chi connectivity index (χ0) is 8.81. The van der Waals surface area contributed by atoms with Crippen LogP contribution in [0.1, 0.15) is 25.7 Å². The van der Waals surface area contributed by atoms with Crippen LogP contribution in [-0.4, -0.2) is 19.7 Å². The monoisotopic (exact) mass is 169 g/mol. The molecule has 3 heteroatoms. The van der Waals surface area contributed by atoms with Crippen molar-refractivity contribution in [1.82, 2.24) is 5.32 Å². The molecule has 1 aliphatic carbocycles. The maximum atomic E-state index is 10.6. The van der Waals surface area contributed by atoms with Gasteiger partial charge in [-0.3, -0.25) is 0 Å². The molecule has 0 bridgehead atoms. The molecule has 0 saturated carbocycles. The smallest absolute Gasteiger partial charge is 0.406 e. The predicted octanol–water partition coefficient (Wildman–Crippen LogP) is 1.84. The highest BCUT2D eigenvalue weighted by Crippen LogP contribution is 2.19. The maximum Gasteiger partial charge on any atom is 0.406 e. The largest absolute Gasteiger partial charge is 0.453 e. The summed E-state index contributed by atoms with van der Waals surface area (Å²) in [6, 6.07) is 0. The van der Waals surface area contributed by atoms with Gasteiger partial charge in [-0.15, -0.1) is 0 Å². The van der Waals surface area contributed by atoms with Gasteiger partial charge in [0.05, 0.1) is 7.11 Å². The van der Waals surface area contributed by atoms with E-state index in [1.165, 1.54) is 31.9 Å². The molecule has 1 rings (SSSR count). The highest BCUT2D eigenvalue weighted by Gasteiger charge is 2.04. The van der Waals surface area contributed by atoms with E-state index in [2.05, 4.69) is 16.1 Å². The minimum Gasteiger partial charge on any atom is -0.453 e. The first kappa shape index (κ1) is 9.10. The number of methoxy groups -OCH3 is 1. The Balaban J connectivity index is 2.05. The second-order valence-electron chi connectivity index (χ2n) is 2.92. The van der Waals surface area contributed by atoms with Crippen LogP contribution in [0, 0.1) is 0 Å². The Hall–Kier alpha value is -0.990. The Morgan fingerprint density at radius 3 is 3.17 bits per heavy atom. The third-order valence-electron chi connectivity index (χ3n) is 2.04. The molecule has 1 amide bonds. The van der Waals surface area contributed by atoms with Gasteiger partial charge < -0.3 is 10.1 Å². The molecular weight excluding hydrogens is 154 g/mol. The van der Waals surface area contributed by atoms with Crippen molar-refractivity contribution in [2.75, 3.05) is 13.7 Å². The van der Waals surface area contributed by atoms with Crippen molar-refractivity contribution in [3.05, 3.63) is 11.6 Å². The van der Waals surface area contributed by atoms with E-state index in [-0.39, 0.29) is 6.09 Å². The number of alkyl carbamates (subject to hydrolysis) is 1. The first-order valence-electron chi connectivity index (χ1n) is 4.32.